The van der Waals surface area contributed by atoms with E-state index in [1.54, 1.807) is 6.92 Å². The SMILES string of the molecule is CCCCC(CC)C(=O)[O-].CCCCC(CC)C(=O)[O-].CCOC(N)=O.[Sn+2]. The monoisotopic (exact) mass is 495 g/mol. The minimum absolute atomic E-state index is 0. The van der Waals surface area contributed by atoms with Gasteiger partial charge in [-0.3, -0.25) is 0 Å². The van der Waals surface area contributed by atoms with Gasteiger partial charge in [-0.05, 0) is 44.4 Å². The topological polar surface area (TPSA) is 133 Å². The second kappa shape index (κ2) is 25.0. The van der Waals surface area contributed by atoms with E-state index >= 15 is 0 Å². The van der Waals surface area contributed by atoms with Gasteiger partial charge in [0.1, 0.15) is 0 Å². The largest absolute Gasteiger partial charge is 2.00 e. The van der Waals surface area contributed by atoms with Crippen LogP contribution in [0, 0.1) is 11.8 Å². The summed E-state index contributed by atoms with van der Waals surface area (Å²) in [6, 6.07) is 0. The first-order valence-electron chi connectivity index (χ1n) is 9.55. The van der Waals surface area contributed by atoms with E-state index in [1.165, 1.54) is 0 Å². The molecular formula is C19H37NO6Sn. The Labute approximate surface area is 181 Å². The van der Waals surface area contributed by atoms with Gasteiger partial charge in [0.05, 0.1) is 6.61 Å². The molecule has 0 aromatic rings. The number of nitrogens with two attached hydrogens (primary N) is 1. The van der Waals surface area contributed by atoms with E-state index in [2.05, 4.69) is 24.3 Å². The number of carbonyl (C=O) groups excluding carboxylic acids is 3. The van der Waals surface area contributed by atoms with Crippen LogP contribution in [0.2, 0.25) is 0 Å². The Balaban J connectivity index is -0.000000149. The van der Waals surface area contributed by atoms with Crippen LogP contribution >= 0.6 is 0 Å². The molecule has 0 bridgehead atoms. The van der Waals surface area contributed by atoms with Crippen molar-refractivity contribution in [1.82, 2.24) is 0 Å². The van der Waals surface area contributed by atoms with Gasteiger partial charge in [0.25, 0.3) is 0 Å². The average molecular weight is 494 g/mol. The second-order valence-electron chi connectivity index (χ2n) is 5.88. The summed E-state index contributed by atoms with van der Waals surface area (Å²) in [5.74, 6) is -2.23. The minimum Gasteiger partial charge on any atom is -0.550 e. The molecule has 2 radical (unpaired) electrons. The van der Waals surface area contributed by atoms with Crippen molar-refractivity contribution in [1.29, 1.82) is 0 Å². The molecule has 0 aliphatic heterocycles. The maximum Gasteiger partial charge on any atom is 2.00 e. The van der Waals surface area contributed by atoms with Crippen LogP contribution in [-0.2, 0) is 14.3 Å². The van der Waals surface area contributed by atoms with Gasteiger partial charge in [-0.25, -0.2) is 4.79 Å². The number of carbonyl (C=O) groups is 3. The molecule has 0 heterocycles. The zero-order chi connectivity index (χ0) is 21.0. The molecule has 0 aliphatic rings. The number of aliphatic carboxylic acids is 2. The number of rotatable bonds is 11. The fraction of sp³-hybridized carbons (Fsp3) is 0.842. The first-order valence-corrected chi connectivity index (χ1v) is 9.55. The van der Waals surface area contributed by atoms with Crippen LogP contribution in [0.25, 0.3) is 0 Å². The van der Waals surface area contributed by atoms with Crippen molar-refractivity contribution in [2.24, 2.45) is 17.6 Å². The Morgan fingerprint density at radius 3 is 1.26 bits per heavy atom. The number of hydrogen-bond acceptors (Lipinski definition) is 6. The van der Waals surface area contributed by atoms with Gasteiger partial charge >= 0.3 is 30.0 Å². The molecule has 0 saturated carbocycles. The molecule has 0 aliphatic carbocycles. The summed E-state index contributed by atoms with van der Waals surface area (Å²) in [6.07, 6.45) is 6.33. The van der Waals surface area contributed by atoms with E-state index in [1.807, 2.05) is 13.8 Å². The predicted octanol–water partition coefficient (Wildman–Crippen LogP) is 1.63. The standard InChI is InChI=1S/2C8H16O2.C3H7NO2.Sn/c2*1-3-5-6-7(4-2)8(9)10;1-2-6-3(4)5;/h2*7H,3-6H2,1-2H3,(H,9,10);2H2,1H3,(H2,4,5);/q;;;+2/p-2. The van der Waals surface area contributed by atoms with Crippen molar-refractivity contribution in [2.45, 2.75) is 86.0 Å². The summed E-state index contributed by atoms with van der Waals surface area (Å²) in [4.78, 5) is 30.2. The van der Waals surface area contributed by atoms with E-state index in [4.69, 9.17) is 0 Å². The van der Waals surface area contributed by atoms with E-state index < -0.39 is 18.0 Å². The predicted molar refractivity (Wildman–Crippen MR) is 104 cm³/mol. The number of carboxylic acid groups (broad SMARTS) is 2. The molecular weight excluding hydrogens is 457 g/mol. The number of unbranched alkanes of at least 4 members (excludes halogenated alkanes) is 2. The van der Waals surface area contributed by atoms with Crippen molar-refractivity contribution < 1.29 is 29.3 Å². The van der Waals surface area contributed by atoms with Crippen molar-refractivity contribution >= 4 is 41.9 Å². The molecule has 158 valence electrons. The molecule has 0 rings (SSSR count). The van der Waals surface area contributed by atoms with E-state index in [0.717, 1.165) is 38.5 Å². The summed E-state index contributed by atoms with van der Waals surface area (Å²) in [6.45, 7) is 9.94. The zero-order valence-corrected chi connectivity index (χ0v) is 20.4. The van der Waals surface area contributed by atoms with E-state index in [-0.39, 0.29) is 35.7 Å². The van der Waals surface area contributed by atoms with Crippen molar-refractivity contribution in [2.75, 3.05) is 6.61 Å². The summed E-state index contributed by atoms with van der Waals surface area (Å²) < 4.78 is 4.18. The Kier molecular flexibility index (Phi) is 31.1. The Hall–Kier alpha value is -0.991. The summed E-state index contributed by atoms with van der Waals surface area (Å²) in [7, 11) is 0. The third-order valence-corrected chi connectivity index (χ3v) is 3.75. The van der Waals surface area contributed by atoms with Crippen LogP contribution in [-0.4, -0.2) is 48.5 Å². The Morgan fingerprint density at radius 1 is 0.815 bits per heavy atom. The number of primary amides is 1. The fourth-order valence-corrected chi connectivity index (χ4v) is 2.02. The minimum atomic E-state index is -0.893. The number of carboxylic acids is 2. The molecule has 2 N–H and O–H groups in total. The van der Waals surface area contributed by atoms with Crippen molar-refractivity contribution in [3.05, 3.63) is 0 Å². The molecule has 8 heteroatoms. The molecule has 7 nitrogen and oxygen atoms in total. The first kappa shape index (κ1) is 33.6. The maximum atomic E-state index is 10.3. The summed E-state index contributed by atoms with van der Waals surface area (Å²) in [5, 5.41) is 20.7. The Bertz CT molecular complexity index is 340. The van der Waals surface area contributed by atoms with E-state index in [0.29, 0.717) is 19.4 Å². The van der Waals surface area contributed by atoms with Gasteiger partial charge < -0.3 is 30.3 Å². The number of amides is 1. The third-order valence-electron chi connectivity index (χ3n) is 3.75. The van der Waals surface area contributed by atoms with Crippen LogP contribution in [0.4, 0.5) is 4.79 Å². The fourth-order valence-electron chi connectivity index (χ4n) is 2.02. The van der Waals surface area contributed by atoms with Crippen LogP contribution in [0.1, 0.15) is 86.0 Å². The van der Waals surface area contributed by atoms with Gasteiger partial charge in [-0.15, -0.1) is 0 Å². The maximum absolute atomic E-state index is 10.3. The molecule has 0 spiro atoms. The molecule has 0 fully saturated rings. The molecule has 2 atom stereocenters. The van der Waals surface area contributed by atoms with Crippen LogP contribution in [0.3, 0.4) is 0 Å². The normalized spacial score (nSPS) is 11.3. The number of ether oxygens (including phenoxy) is 1. The zero-order valence-electron chi connectivity index (χ0n) is 17.5. The Morgan fingerprint density at radius 2 is 1.15 bits per heavy atom. The average Bonchev–Trinajstić information content (AvgIpc) is 2.56. The summed E-state index contributed by atoms with van der Waals surface area (Å²) in [5.41, 5.74) is 4.54. The molecule has 0 aromatic carbocycles. The molecule has 1 amide bonds. The summed E-state index contributed by atoms with van der Waals surface area (Å²) >= 11 is 0. The molecule has 0 saturated heterocycles. The van der Waals surface area contributed by atoms with Gasteiger partial charge in [-0.1, -0.05) is 53.4 Å². The number of hydrogen-bond donors (Lipinski definition) is 1. The van der Waals surface area contributed by atoms with Gasteiger partial charge in [0.15, 0.2) is 0 Å². The van der Waals surface area contributed by atoms with Crippen LogP contribution in [0.5, 0.6) is 0 Å². The van der Waals surface area contributed by atoms with E-state index in [9.17, 15) is 24.6 Å². The molecule has 2 unspecified atom stereocenters. The van der Waals surface area contributed by atoms with Gasteiger partial charge in [0, 0.05) is 11.9 Å². The third kappa shape index (κ3) is 27.3. The first-order chi connectivity index (χ1) is 12.2. The van der Waals surface area contributed by atoms with Gasteiger partial charge in [-0.2, -0.15) is 0 Å². The quantitative estimate of drug-likeness (QED) is 0.435. The van der Waals surface area contributed by atoms with Crippen LogP contribution in [0.15, 0.2) is 0 Å². The molecule has 0 aromatic heterocycles. The van der Waals surface area contributed by atoms with Gasteiger partial charge in [0.2, 0.25) is 0 Å². The molecule has 27 heavy (non-hydrogen) atoms. The van der Waals surface area contributed by atoms with Crippen molar-refractivity contribution in [3.8, 4) is 0 Å². The smallest absolute Gasteiger partial charge is 0.550 e. The van der Waals surface area contributed by atoms with Crippen molar-refractivity contribution in [3.63, 3.8) is 0 Å². The second-order valence-corrected chi connectivity index (χ2v) is 5.88. The van der Waals surface area contributed by atoms with Crippen LogP contribution < -0.4 is 15.9 Å².